The second-order valence-corrected chi connectivity index (χ2v) is 6.74. The van der Waals surface area contributed by atoms with Crippen LogP contribution in [-0.4, -0.2) is 31.8 Å². The summed E-state index contributed by atoms with van der Waals surface area (Å²) in [5.41, 5.74) is 1.54. The average Bonchev–Trinajstić information content (AvgIpc) is 2.68. The Hall–Kier alpha value is -1.11. The number of hydrogen-bond donors (Lipinski definition) is 2. The lowest BCUT2D eigenvalue weighted by molar-refractivity contribution is -0.117. The van der Waals surface area contributed by atoms with Crippen molar-refractivity contribution in [2.45, 2.75) is 32.4 Å². The van der Waals surface area contributed by atoms with Gasteiger partial charge in [0.2, 0.25) is 5.91 Å². The van der Waals surface area contributed by atoms with Crippen molar-refractivity contribution in [1.29, 1.82) is 0 Å². The van der Waals surface area contributed by atoms with E-state index in [0.717, 1.165) is 15.7 Å². The minimum Gasteiger partial charge on any atom is -0.490 e. The number of amides is 1. The van der Waals surface area contributed by atoms with Gasteiger partial charge in [0.25, 0.3) is 0 Å². The van der Waals surface area contributed by atoms with Gasteiger partial charge in [-0.2, -0.15) is 0 Å². The van der Waals surface area contributed by atoms with Gasteiger partial charge in [0.05, 0.1) is 16.7 Å². The van der Waals surface area contributed by atoms with E-state index in [9.17, 15) is 4.79 Å². The zero-order valence-electron chi connectivity index (χ0n) is 12.7. The van der Waals surface area contributed by atoms with Gasteiger partial charge in [0.15, 0.2) is 0 Å². The Morgan fingerprint density at radius 3 is 2.67 bits per heavy atom. The molecule has 1 unspecified atom stereocenters. The number of carbonyl (C=O) groups excluding carboxylic acids is 1. The van der Waals surface area contributed by atoms with Gasteiger partial charge in [-0.1, -0.05) is 0 Å². The molecule has 1 aliphatic heterocycles. The molecule has 5 nitrogen and oxygen atoms in total. The van der Waals surface area contributed by atoms with Crippen LogP contribution in [0.1, 0.15) is 32.4 Å². The zero-order valence-corrected chi connectivity index (χ0v) is 14.3. The first-order valence-corrected chi connectivity index (χ1v) is 7.69. The SMILES string of the molecule is CNC1C(=O)Nc2cc(OCCOC(C)(C)C)c(Br)cc21. The predicted octanol–water partition coefficient (Wildman–Crippen LogP) is 2.86. The number of likely N-dealkylation sites (N-methyl/N-ethyl adjacent to an activating group) is 1. The van der Waals surface area contributed by atoms with Crippen LogP contribution >= 0.6 is 15.9 Å². The molecule has 116 valence electrons. The smallest absolute Gasteiger partial charge is 0.246 e. The van der Waals surface area contributed by atoms with Crippen LogP contribution in [0, 0.1) is 0 Å². The van der Waals surface area contributed by atoms with Crippen LogP contribution in [0.15, 0.2) is 16.6 Å². The highest BCUT2D eigenvalue weighted by Gasteiger charge is 2.30. The Morgan fingerprint density at radius 2 is 2.05 bits per heavy atom. The normalized spacial score (nSPS) is 17.6. The van der Waals surface area contributed by atoms with E-state index in [4.69, 9.17) is 9.47 Å². The molecule has 1 amide bonds. The Kier molecular flexibility index (Phi) is 4.91. The van der Waals surface area contributed by atoms with E-state index in [0.29, 0.717) is 19.0 Å². The molecular formula is C15H21BrN2O3. The van der Waals surface area contributed by atoms with Crippen molar-refractivity contribution in [2.24, 2.45) is 0 Å². The second kappa shape index (κ2) is 6.34. The molecule has 1 aliphatic rings. The Bertz CT molecular complexity index is 540. The number of benzene rings is 1. The van der Waals surface area contributed by atoms with E-state index in [-0.39, 0.29) is 17.6 Å². The third-order valence-electron chi connectivity index (χ3n) is 3.10. The molecule has 0 spiro atoms. The van der Waals surface area contributed by atoms with Crippen molar-refractivity contribution in [3.63, 3.8) is 0 Å². The van der Waals surface area contributed by atoms with Gasteiger partial charge in [0.1, 0.15) is 18.4 Å². The summed E-state index contributed by atoms with van der Waals surface area (Å²) in [6.45, 7) is 6.99. The number of ether oxygens (including phenoxy) is 2. The average molecular weight is 357 g/mol. The quantitative estimate of drug-likeness (QED) is 0.796. The van der Waals surface area contributed by atoms with Crippen LogP contribution in [0.25, 0.3) is 0 Å². The highest BCUT2D eigenvalue weighted by Crippen LogP contribution is 2.38. The van der Waals surface area contributed by atoms with Gasteiger partial charge in [0, 0.05) is 17.3 Å². The maximum Gasteiger partial charge on any atom is 0.246 e. The van der Waals surface area contributed by atoms with Crippen molar-refractivity contribution in [2.75, 3.05) is 25.6 Å². The molecule has 0 saturated carbocycles. The van der Waals surface area contributed by atoms with Crippen LogP contribution < -0.4 is 15.4 Å². The summed E-state index contributed by atoms with van der Waals surface area (Å²) < 4.78 is 12.2. The number of hydrogen-bond acceptors (Lipinski definition) is 4. The molecule has 0 fully saturated rings. The van der Waals surface area contributed by atoms with Gasteiger partial charge in [-0.3, -0.25) is 4.79 Å². The van der Waals surface area contributed by atoms with Crippen LogP contribution in [0.5, 0.6) is 5.75 Å². The van der Waals surface area contributed by atoms with E-state index in [1.165, 1.54) is 0 Å². The van der Waals surface area contributed by atoms with Gasteiger partial charge in [-0.05, 0) is 49.8 Å². The molecule has 2 N–H and O–H groups in total. The van der Waals surface area contributed by atoms with E-state index in [1.807, 2.05) is 32.9 Å². The van der Waals surface area contributed by atoms with Gasteiger partial charge < -0.3 is 20.1 Å². The van der Waals surface area contributed by atoms with Crippen molar-refractivity contribution in [3.05, 3.63) is 22.2 Å². The molecule has 2 rings (SSSR count). The molecule has 1 aromatic carbocycles. The van der Waals surface area contributed by atoms with Crippen LogP contribution in [0.3, 0.4) is 0 Å². The third kappa shape index (κ3) is 3.96. The molecule has 0 aromatic heterocycles. The number of fused-ring (bicyclic) bond motifs is 1. The van der Waals surface area contributed by atoms with Gasteiger partial charge >= 0.3 is 0 Å². The number of rotatable bonds is 5. The fourth-order valence-electron chi connectivity index (χ4n) is 2.16. The lowest BCUT2D eigenvalue weighted by Gasteiger charge is -2.19. The summed E-state index contributed by atoms with van der Waals surface area (Å²) in [6.07, 6.45) is 0. The topological polar surface area (TPSA) is 59.6 Å². The summed E-state index contributed by atoms with van der Waals surface area (Å²) >= 11 is 3.49. The maximum absolute atomic E-state index is 11.8. The largest absolute Gasteiger partial charge is 0.490 e. The summed E-state index contributed by atoms with van der Waals surface area (Å²) in [6, 6.07) is 3.44. The number of anilines is 1. The standard InChI is InChI=1S/C15H21BrN2O3/c1-15(2,3)21-6-5-20-12-8-11-9(7-10(12)16)13(17-4)14(19)18-11/h7-8,13,17H,5-6H2,1-4H3,(H,18,19). The summed E-state index contributed by atoms with van der Waals surface area (Å²) in [4.78, 5) is 11.8. The molecule has 0 saturated heterocycles. The number of carbonyl (C=O) groups is 1. The number of halogens is 1. The van der Waals surface area contributed by atoms with E-state index in [1.54, 1.807) is 7.05 Å². The fraction of sp³-hybridized carbons (Fsp3) is 0.533. The molecule has 0 radical (unpaired) electrons. The summed E-state index contributed by atoms with van der Waals surface area (Å²) in [5.74, 6) is 0.649. The van der Waals surface area contributed by atoms with Crippen molar-refractivity contribution in [1.82, 2.24) is 5.32 Å². The first-order chi connectivity index (χ1) is 9.81. The first kappa shape index (κ1) is 16.3. The Labute approximate surface area is 133 Å². The van der Waals surface area contributed by atoms with Crippen LogP contribution in [-0.2, 0) is 9.53 Å². The molecule has 21 heavy (non-hydrogen) atoms. The van der Waals surface area contributed by atoms with Crippen LogP contribution in [0.4, 0.5) is 5.69 Å². The molecule has 0 bridgehead atoms. The minimum atomic E-state index is -0.311. The van der Waals surface area contributed by atoms with Crippen LogP contribution in [0.2, 0.25) is 0 Å². The van der Waals surface area contributed by atoms with Gasteiger partial charge in [-0.15, -0.1) is 0 Å². The lowest BCUT2D eigenvalue weighted by atomic mass is 10.1. The highest BCUT2D eigenvalue weighted by atomic mass is 79.9. The van der Waals surface area contributed by atoms with Crippen molar-refractivity contribution < 1.29 is 14.3 Å². The maximum atomic E-state index is 11.8. The van der Waals surface area contributed by atoms with Gasteiger partial charge in [-0.25, -0.2) is 0 Å². The van der Waals surface area contributed by atoms with E-state index < -0.39 is 0 Å². The summed E-state index contributed by atoms with van der Waals surface area (Å²) in [5, 5.41) is 5.84. The number of nitrogens with one attached hydrogen (secondary N) is 2. The lowest BCUT2D eigenvalue weighted by Crippen LogP contribution is -2.23. The highest BCUT2D eigenvalue weighted by molar-refractivity contribution is 9.10. The molecule has 6 heteroatoms. The zero-order chi connectivity index (χ0) is 15.6. The molecule has 0 aliphatic carbocycles. The molecular weight excluding hydrogens is 336 g/mol. The Balaban J connectivity index is 2.03. The second-order valence-electron chi connectivity index (χ2n) is 5.89. The van der Waals surface area contributed by atoms with E-state index >= 15 is 0 Å². The molecule has 1 aromatic rings. The third-order valence-corrected chi connectivity index (χ3v) is 3.72. The molecule has 1 heterocycles. The van der Waals surface area contributed by atoms with Crippen molar-refractivity contribution in [3.8, 4) is 5.75 Å². The van der Waals surface area contributed by atoms with Crippen molar-refractivity contribution >= 4 is 27.5 Å². The minimum absolute atomic E-state index is 0.0485. The predicted molar refractivity (Wildman–Crippen MR) is 85.8 cm³/mol. The monoisotopic (exact) mass is 356 g/mol. The first-order valence-electron chi connectivity index (χ1n) is 6.90. The van der Waals surface area contributed by atoms with E-state index in [2.05, 4.69) is 26.6 Å². The Morgan fingerprint density at radius 1 is 1.33 bits per heavy atom. The fourth-order valence-corrected chi connectivity index (χ4v) is 2.63. The summed E-state index contributed by atoms with van der Waals surface area (Å²) in [7, 11) is 1.77. The molecule has 1 atom stereocenters.